The van der Waals surface area contributed by atoms with Crippen molar-refractivity contribution in [2.45, 2.75) is 39.3 Å². The second-order valence-electron chi connectivity index (χ2n) is 4.56. The van der Waals surface area contributed by atoms with Crippen LogP contribution in [0, 0.1) is 0 Å². The van der Waals surface area contributed by atoms with Gasteiger partial charge in [0.2, 0.25) is 0 Å². The van der Waals surface area contributed by atoms with Gasteiger partial charge < -0.3 is 0 Å². The van der Waals surface area contributed by atoms with Crippen LogP contribution < -0.4 is 11.3 Å². The van der Waals surface area contributed by atoms with Crippen molar-refractivity contribution in [2.24, 2.45) is 5.84 Å². The fourth-order valence-electron chi connectivity index (χ4n) is 2.25. The molecule has 0 spiro atoms. The summed E-state index contributed by atoms with van der Waals surface area (Å²) in [5.74, 6) is 5.72. The first-order valence-corrected chi connectivity index (χ1v) is 6.68. The molecule has 1 atom stereocenters. The zero-order valence-electron chi connectivity index (χ0n) is 11.5. The van der Waals surface area contributed by atoms with E-state index in [2.05, 4.69) is 35.6 Å². The Hall–Kier alpha value is -1.72. The maximum atomic E-state index is 5.72. The Morgan fingerprint density at radius 2 is 2.21 bits per heavy atom. The molecular formula is C14H21N5. The van der Waals surface area contributed by atoms with Gasteiger partial charge in [0.1, 0.15) is 0 Å². The number of nitrogens with zero attached hydrogens (tertiary/aromatic N) is 3. The van der Waals surface area contributed by atoms with Gasteiger partial charge in [-0.2, -0.15) is 5.10 Å². The fraction of sp³-hybridized carbons (Fsp3) is 0.429. The molecule has 0 aromatic carbocycles. The van der Waals surface area contributed by atoms with Crippen LogP contribution in [0.1, 0.15) is 36.6 Å². The van der Waals surface area contributed by atoms with Gasteiger partial charge in [-0.25, -0.2) is 0 Å². The number of nitrogens with two attached hydrogens (primary N) is 1. The van der Waals surface area contributed by atoms with Gasteiger partial charge in [-0.05, 0) is 42.5 Å². The van der Waals surface area contributed by atoms with Crippen LogP contribution in [0.4, 0.5) is 0 Å². The number of hydrazine groups is 1. The minimum absolute atomic E-state index is 0.0902. The molecule has 0 amide bonds. The average Bonchev–Trinajstić information content (AvgIpc) is 2.92. The molecule has 0 fully saturated rings. The first-order valence-electron chi connectivity index (χ1n) is 6.68. The highest BCUT2D eigenvalue weighted by atomic mass is 15.3. The third kappa shape index (κ3) is 3.19. The first-order chi connectivity index (χ1) is 9.28. The van der Waals surface area contributed by atoms with Gasteiger partial charge in [0.05, 0.1) is 12.2 Å². The number of rotatable bonds is 6. The molecule has 1 unspecified atom stereocenters. The molecule has 2 aromatic rings. The molecule has 2 aromatic heterocycles. The van der Waals surface area contributed by atoms with Gasteiger partial charge in [0, 0.05) is 25.1 Å². The molecule has 0 aliphatic rings. The van der Waals surface area contributed by atoms with Crippen molar-refractivity contribution >= 4 is 0 Å². The molecule has 0 bridgehead atoms. The molecular weight excluding hydrogens is 238 g/mol. The monoisotopic (exact) mass is 259 g/mol. The Labute approximate surface area is 113 Å². The van der Waals surface area contributed by atoms with Gasteiger partial charge >= 0.3 is 0 Å². The van der Waals surface area contributed by atoms with E-state index in [0.29, 0.717) is 0 Å². The summed E-state index contributed by atoms with van der Waals surface area (Å²) in [4.78, 5) is 4.17. The smallest absolute Gasteiger partial charge is 0.0522 e. The molecule has 102 valence electrons. The van der Waals surface area contributed by atoms with Gasteiger partial charge in [0.25, 0.3) is 0 Å². The molecule has 5 nitrogen and oxygen atoms in total. The van der Waals surface area contributed by atoms with Crippen molar-refractivity contribution in [2.75, 3.05) is 0 Å². The van der Waals surface area contributed by atoms with Gasteiger partial charge in [-0.3, -0.25) is 20.9 Å². The lowest BCUT2D eigenvalue weighted by Gasteiger charge is -2.18. The number of nitrogens with one attached hydrogen (secondary N) is 1. The van der Waals surface area contributed by atoms with Gasteiger partial charge in [-0.15, -0.1) is 0 Å². The maximum Gasteiger partial charge on any atom is 0.0522 e. The van der Waals surface area contributed by atoms with E-state index in [9.17, 15) is 0 Å². The molecule has 0 saturated heterocycles. The lowest BCUT2D eigenvalue weighted by Crippen LogP contribution is -2.30. The standard InChI is InChI=1S/C14H21N5/c1-3-12-9-16-6-5-13(12)14(18-15)7-11-8-17-19(4-2)10-11/h5-6,8-10,14,18H,3-4,7,15H2,1-2H3. The zero-order chi connectivity index (χ0) is 13.7. The summed E-state index contributed by atoms with van der Waals surface area (Å²) < 4.78 is 1.93. The van der Waals surface area contributed by atoms with E-state index in [1.165, 1.54) is 16.7 Å². The van der Waals surface area contributed by atoms with Crippen LogP contribution in [-0.4, -0.2) is 14.8 Å². The summed E-state index contributed by atoms with van der Waals surface area (Å²) in [6.07, 6.45) is 9.48. The Kier molecular flexibility index (Phi) is 4.65. The molecule has 19 heavy (non-hydrogen) atoms. The topological polar surface area (TPSA) is 68.8 Å². The largest absolute Gasteiger partial charge is 0.273 e. The molecule has 3 N–H and O–H groups in total. The van der Waals surface area contributed by atoms with Crippen molar-refractivity contribution in [1.82, 2.24) is 20.2 Å². The molecule has 0 radical (unpaired) electrons. The van der Waals surface area contributed by atoms with Crippen molar-refractivity contribution in [3.05, 3.63) is 47.5 Å². The maximum absolute atomic E-state index is 5.72. The highest BCUT2D eigenvalue weighted by Crippen LogP contribution is 2.21. The summed E-state index contributed by atoms with van der Waals surface area (Å²) in [6, 6.07) is 2.13. The molecule has 0 saturated carbocycles. The number of hydrogen-bond donors (Lipinski definition) is 2. The van der Waals surface area contributed by atoms with Crippen LogP contribution in [0.3, 0.4) is 0 Å². The molecule has 0 aliphatic carbocycles. The minimum atomic E-state index is 0.0902. The van der Waals surface area contributed by atoms with E-state index in [1.807, 2.05) is 29.3 Å². The highest BCUT2D eigenvalue weighted by molar-refractivity contribution is 5.28. The van der Waals surface area contributed by atoms with Crippen LogP contribution >= 0.6 is 0 Å². The Bertz CT molecular complexity index is 520. The predicted octanol–water partition coefficient (Wildman–Crippen LogP) is 1.61. The average molecular weight is 259 g/mol. The van der Waals surface area contributed by atoms with E-state index < -0.39 is 0 Å². The summed E-state index contributed by atoms with van der Waals surface area (Å²) >= 11 is 0. The van der Waals surface area contributed by atoms with E-state index in [-0.39, 0.29) is 6.04 Å². The van der Waals surface area contributed by atoms with Crippen LogP contribution in [0.2, 0.25) is 0 Å². The van der Waals surface area contributed by atoms with Crippen LogP contribution in [-0.2, 0) is 19.4 Å². The number of hydrogen-bond acceptors (Lipinski definition) is 4. The Balaban J connectivity index is 2.19. The van der Waals surface area contributed by atoms with Gasteiger partial charge in [0.15, 0.2) is 0 Å². The van der Waals surface area contributed by atoms with Crippen LogP contribution in [0.15, 0.2) is 30.9 Å². The third-order valence-corrected chi connectivity index (χ3v) is 3.35. The van der Waals surface area contributed by atoms with Crippen molar-refractivity contribution in [1.29, 1.82) is 0 Å². The Morgan fingerprint density at radius 1 is 1.37 bits per heavy atom. The number of aryl methyl sites for hydroxylation is 2. The van der Waals surface area contributed by atoms with E-state index >= 15 is 0 Å². The first kappa shape index (κ1) is 13.7. The van der Waals surface area contributed by atoms with Crippen LogP contribution in [0.5, 0.6) is 0 Å². The SMILES string of the molecule is CCc1cnccc1C(Cc1cnn(CC)c1)NN. The lowest BCUT2D eigenvalue weighted by atomic mass is 9.97. The predicted molar refractivity (Wildman–Crippen MR) is 75.3 cm³/mol. The lowest BCUT2D eigenvalue weighted by molar-refractivity contribution is 0.546. The highest BCUT2D eigenvalue weighted by Gasteiger charge is 2.14. The second kappa shape index (κ2) is 6.45. The van der Waals surface area contributed by atoms with Crippen molar-refractivity contribution in [3.63, 3.8) is 0 Å². The molecule has 0 aliphatic heterocycles. The molecule has 2 heterocycles. The molecule has 5 heteroatoms. The van der Waals surface area contributed by atoms with E-state index in [0.717, 1.165) is 19.4 Å². The van der Waals surface area contributed by atoms with Crippen LogP contribution in [0.25, 0.3) is 0 Å². The van der Waals surface area contributed by atoms with E-state index in [4.69, 9.17) is 5.84 Å². The Morgan fingerprint density at radius 3 is 2.84 bits per heavy atom. The number of aromatic nitrogens is 3. The summed E-state index contributed by atoms with van der Waals surface area (Å²) in [5.41, 5.74) is 6.53. The second-order valence-corrected chi connectivity index (χ2v) is 4.56. The van der Waals surface area contributed by atoms with Gasteiger partial charge in [-0.1, -0.05) is 6.92 Å². The van der Waals surface area contributed by atoms with Crippen molar-refractivity contribution < 1.29 is 0 Å². The number of pyridine rings is 1. The van der Waals surface area contributed by atoms with Crippen molar-refractivity contribution in [3.8, 4) is 0 Å². The minimum Gasteiger partial charge on any atom is -0.273 e. The normalized spacial score (nSPS) is 12.6. The molecule has 2 rings (SSSR count). The zero-order valence-corrected chi connectivity index (χ0v) is 11.5. The summed E-state index contributed by atoms with van der Waals surface area (Å²) in [5, 5.41) is 4.29. The quantitative estimate of drug-likeness (QED) is 0.611. The summed E-state index contributed by atoms with van der Waals surface area (Å²) in [7, 11) is 0. The third-order valence-electron chi connectivity index (χ3n) is 3.35. The van der Waals surface area contributed by atoms with E-state index in [1.54, 1.807) is 0 Å². The summed E-state index contributed by atoms with van der Waals surface area (Å²) in [6.45, 7) is 5.09. The fourth-order valence-corrected chi connectivity index (χ4v) is 2.25.